The average molecular weight is 493 g/mol. The van der Waals surface area contributed by atoms with Crippen LogP contribution in [0.2, 0.25) is 0 Å². The molecule has 11 heteroatoms. The molecule has 2 rings (SSSR count). The lowest BCUT2D eigenvalue weighted by atomic mass is 9.91. The predicted octanol–water partition coefficient (Wildman–Crippen LogP) is 1.52. The van der Waals surface area contributed by atoms with E-state index in [1.54, 1.807) is 24.3 Å². The van der Waals surface area contributed by atoms with Crippen LogP contribution in [0.4, 0.5) is 13.6 Å². The van der Waals surface area contributed by atoms with E-state index in [4.69, 9.17) is 10.5 Å². The molecule has 9 nitrogen and oxygen atoms in total. The van der Waals surface area contributed by atoms with Crippen LogP contribution in [0.3, 0.4) is 0 Å². The third kappa shape index (κ3) is 7.04. The van der Waals surface area contributed by atoms with Crippen LogP contribution in [0, 0.1) is 35.0 Å². The Labute approximate surface area is 205 Å². The van der Waals surface area contributed by atoms with Crippen molar-refractivity contribution in [2.24, 2.45) is 0 Å². The van der Waals surface area contributed by atoms with Crippen molar-refractivity contribution in [3.8, 4) is 29.8 Å². The highest BCUT2D eigenvalue weighted by atomic mass is 19.3. The Kier molecular flexibility index (Phi) is 9.50. The van der Waals surface area contributed by atoms with E-state index in [-0.39, 0.29) is 5.56 Å². The van der Waals surface area contributed by atoms with Crippen molar-refractivity contribution in [3.05, 3.63) is 70.8 Å². The molecular weight excluding hydrogens is 472 g/mol. The van der Waals surface area contributed by atoms with Crippen molar-refractivity contribution in [2.75, 3.05) is 7.05 Å². The van der Waals surface area contributed by atoms with Gasteiger partial charge in [-0.3, -0.25) is 14.8 Å². The van der Waals surface area contributed by atoms with Gasteiger partial charge in [-0.05, 0) is 67.3 Å². The molecule has 0 spiro atoms. The van der Waals surface area contributed by atoms with Gasteiger partial charge in [0.2, 0.25) is 0 Å². The molecule has 0 saturated heterocycles. The number of carbonyl (C=O) groups is 3. The predicted molar refractivity (Wildman–Crippen MR) is 125 cm³/mol. The Balaban J connectivity index is 2.17. The second-order valence-electron chi connectivity index (χ2n) is 7.44. The highest BCUT2D eigenvalue weighted by Crippen LogP contribution is 2.21. The molecule has 0 radical (unpaired) electrons. The minimum Gasteiger partial charge on any atom is -0.341 e. The van der Waals surface area contributed by atoms with Gasteiger partial charge >= 0.3 is 6.03 Å². The number of hydroxylamine groups is 1. The van der Waals surface area contributed by atoms with E-state index < -0.39 is 35.9 Å². The zero-order valence-corrected chi connectivity index (χ0v) is 19.1. The van der Waals surface area contributed by atoms with Gasteiger partial charge in [0.15, 0.2) is 0 Å². The largest absolute Gasteiger partial charge is 0.341 e. The lowest BCUT2D eigenvalue weighted by Gasteiger charge is -2.36. The zero-order valence-electron chi connectivity index (χ0n) is 19.1. The van der Waals surface area contributed by atoms with Gasteiger partial charge < -0.3 is 16.0 Å². The molecule has 0 aromatic heterocycles. The van der Waals surface area contributed by atoms with Crippen molar-refractivity contribution in [3.63, 3.8) is 0 Å². The molecule has 5 N–H and O–H groups in total. The van der Waals surface area contributed by atoms with Crippen LogP contribution in [0.5, 0.6) is 0 Å². The first-order valence-corrected chi connectivity index (χ1v) is 10.3. The standard InChI is InChI=1S/C25H21F2N5O4/c1-25(23(26)27,31-24(35)29-2)20(22(34)32-36)30-21(33)19-13-11-17(12-14-19)6-4-3-5-16-7-9-18(15-28)10-8-16/h7-14,20,23,36H,1-2H3,(H,30,33)(H,32,34)(H2,29,31,35). The van der Waals surface area contributed by atoms with Gasteiger partial charge in [0.25, 0.3) is 18.2 Å². The fourth-order valence-corrected chi connectivity index (χ4v) is 2.87. The van der Waals surface area contributed by atoms with Crippen LogP contribution in [-0.2, 0) is 4.79 Å². The van der Waals surface area contributed by atoms with Crippen molar-refractivity contribution in [1.82, 2.24) is 21.4 Å². The lowest BCUT2D eigenvalue weighted by Crippen LogP contribution is -2.69. The first kappa shape index (κ1) is 27.3. The molecule has 0 aliphatic carbocycles. The maximum Gasteiger partial charge on any atom is 0.315 e. The third-order valence-corrected chi connectivity index (χ3v) is 4.95. The van der Waals surface area contributed by atoms with E-state index in [0.717, 1.165) is 6.92 Å². The summed E-state index contributed by atoms with van der Waals surface area (Å²) in [7, 11) is 1.18. The van der Waals surface area contributed by atoms with E-state index in [1.165, 1.54) is 36.8 Å². The topological polar surface area (TPSA) is 143 Å². The fraction of sp³-hybridized carbons (Fsp3) is 0.200. The van der Waals surface area contributed by atoms with Crippen LogP contribution in [0.1, 0.15) is 34.0 Å². The van der Waals surface area contributed by atoms with E-state index in [1.807, 2.05) is 11.4 Å². The van der Waals surface area contributed by atoms with Crippen LogP contribution in [0.15, 0.2) is 48.5 Å². The SMILES string of the molecule is CNC(=O)NC(C)(C(F)F)C(NC(=O)c1ccc(C#CC#Cc2ccc(C#N)cc2)cc1)C(=O)NO. The summed E-state index contributed by atoms with van der Waals surface area (Å²) in [6, 6.07) is 11.3. The highest BCUT2D eigenvalue weighted by Gasteiger charge is 2.48. The Morgan fingerprint density at radius 1 is 0.944 bits per heavy atom. The summed E-state index contributed by atoms with van der Waals surface area (Å²) >= 11 is 0. The van der Waals surface area contributed by atoms with E-state index in [0.29, 0.717) is 16.7 Å². The van der Waals surface area contributed by atoms with Crippen LogP contribution >= 0.6 is 0 Å². The number of hydrogen-bond acceptors (Lipinski definition) is 5. The van der Waals surface area contributed by atoms with Crippen molar-refractivity contribution < 1.29 is 28.4 Å². The number of alkyl halides is 2. The number of hydrogen-bond donors (Lipinski definition) is 5. The Bertz CT molecular complexity index is 1280. The number of carbonyl (C=O) groups excluding carboxylic acids is 3. The molecule has 0 heterocycles. The normalized spacial score (nSPS) is 12.2. The van der Waals surface area contributed by atoms with Crippen molar-refractivity contribution in [1.29, 1.82) is 5.26 Å². The molecule has 0 aliphatic heterocycles. The van der Waals surface area contributed by atoms with E-state index in [2.05, 4.69) is 34.3 Å². The number of halogens is 2. The highest BCUT2D eigenvalue weighted by molar-refractivity contribution is 5.98. The first-order chi connectivity index (χ1) is 17.1. The summed E-state index contributed by atoms with van der Waals surface area (Å²) in [5, 5.41) is 23.9. The zero-order chi connectivity index (χ0) is 26.7. The Morgan fingerprint density at radius 2 is 1.44 bits per heavy atom. The molecule has 0 fully saturated rings. The van der Waals surface area contributed by atoms with Crippen LogP contribution in [0.25, 0.3) is 0 Å². The van der Waals surface area contributed by atoms with Crippen molar-refractivity contribution in [2.45, 2.75) is 24.9 Å². The summed E-state index contributed by atoms with van der Waals surface area (Å²) in [4.78, 5) is 36.4. The molecule has 0 aliphatic rings. The Hall–Kier alpha value is -4.92. The summed E-state index contributed by atoms with van der Waals surface area (Å²) in [6.07, 6.45) is -3.29. The van der Waals surface area contributed by atoms with Gasteiger partial charge in [0.1, 0.15) is 11.6 Å². The van der Waals surface area contributed by atoms with Crippen molar-refractivity contribution >= 4 is 17.8 Å². The number of rotatable bonds is 6. The average Bonchev–Trinajstić information content (AvgIpc) is 2.89. The minimum atomic E-state index is -3.29. The van der Waals surface area contributed by atoms with Gasteiger partial charge in [0.05, 0.1) is 11.6 Å². The van der Waals surface area contributed by atoms with Crippen LogP contribution in [-0.4, -0.2) is 48.1 Å². The number of nitrogens with one attached hydrogen (secondary N) is 4. The van der Waals surface area contributed by atoms with Gasteiger partial charge in [0, 0.05) is 23.7 Å². The Morgan fingerprint density at radius 3 is 1.89 bits per heavy atom. The lowest BCUT2D eigenvalue weighted by molar-refractivity contribution is -0.135. The van der Waals surface area contributed by atoms with Gasteiger partial charge in [-0.2, -0.15) is 5.26 Å². The number of nitrogens with zero attached hydrogens (tertiary/aromatic N) is 1. The molecule has 184 valence electrons. The third-order valence-electron chi connectivity index (χ3n) is 4.95. The van der Waals surface area contributed by atoms with E-state index in [9.17, 15) is 23.2 Å². The number of benzene rings is 2. The second-order valence-corrected chi connectivity index (χ2v) is 7.44. The second kappa shape index (κ2) is 12.5. The number of nitriles is 1. The number of amides is 4. The minimum absolute atomic E-state index is 0.0107. The molecular formula is C25H21F2N5O4. The molecule has 36 heavy (non-hydrogen) atoms. The maximum atomic E-state index is 13.8. The van der Waals surface area contributed by atoms with Gasteiger partial charge in [-0.15, -0.1) is 0 Å². The van der Waals surface area contributed by atoms with E-state index >= 15 is 0 Å². The smallest absolute Gasteiger partial charge is 0.315 e. The quantitative estimate of drug-likeness (QED) is 0.236. The molecule has 0 saturated carbocycles. The summed E-state index contributed by atoms with van der Waals surface area (Å²) in [6.45, 7) is 0.852. The van der Waals surface area contributed by atoms with Crippen LogP contribution < -0.4 is 21.4 Å². The molecule has 0 bridgehead atoms. The summed E-state index contributed by atoms with van der Waals surface area (Å²) < 4.78 is 27.7. The summed E-state index contributed by atoms with van der Waals surface area (Å²) in [5.41, 5.74) is 0.379. The molecule has 2 aromatic rings. The molecule has 2 aromatic carbocycles. The molecule has 4 amide bonds. The maximum absolute atomic E-state index is 13.8. The van der Waals surface area contributed by atoms with Gasteiger partial charge in [-0.25, -0.2) is 19.1 Å². The first-order valence-electron chi connectivity index (χ1n) is 10.3. The van der Waals surface area contributed by atoms with Gasteiger partial charge in [-0.1, -0.05) is 11.8 Å². The number of urea groups is 1. The molecule has 2 atom stereocenters. The monoisotopic (exact) mass is 493 g/mol. The fourth-order valence-electron chi connectivity index (χ4n) is 2.87. The molecule has 2 unspecified atom stereocenters. The summed E-state index contributed by atoms with van der Waals surface area (Å²) in [5.74, 6) is 8.66.